The third-order valence-corrected chi connectivity index (χ3v) is 4.31. The van der Waals surface area contributed by atoms with Gasteiger partial charge in [0.15, 0.2) is 6.40 Å². The summed E-state index contributed by atoms with van der Waals surface area (Å²) in [4.78, 5) is 52.9. The van der Waals surface area contributed by atoms with Gasteiger partial charge in [0.05, 0.1) is 23.9 Å². The lowest BCUT2D eigenvalue weighted by molar-refractivity contribution is -0.137. The molecule has 2 N–H and O–H groups in total. The molecule has 0 saturated heterocycles. The van der Waals surface area contributed by atoms with Crippen LogP contribution in [0.25, 0.3) is 10.8 Å². The first kappa shape index (κ1) is 19.0. The summed E-state index contributed by atoms with van der Waals surface area (Å²) in [6.07, 6.45) is 1.05. The van der Waals surface area contributed by atoms with Crippen LogP contribution in [0.3, 0.4) is 0 Å². The topological polar surface area (TPSA) is 134 Å². The predicted molar refractivity (Wildman–Crippen MR) is 98.3 cm³/mol. The number of ether oxygens (including phenoxy) is 1. The molecule has 0 saturated carbocycles. The maximum atomic E-state index is 12.9. The zero-order valence-electron chi connectivity index (χ0n) is 14.8. The SMILES string of the molecule is COC=Nc1cc2c3c(cc(C(=O)O)cc3c1)C(=O)N(CCCC(=O)O)C2=O. The van der Waals surface area contributed by atoms with Gasteiger partial charge in [0.1, 0.15) is 0 Å². The Balaban J connectivity index is 2.17. The summed E-state index contributed by atoms with van der Waals surface area (Å²) in [7, 11) is 1.41. The van der Waals surface area contributed by atoms with Crippen LogP contribution in [-0.2, 0) is 9.53 Å². The van der Waals surface area contributed by atoms with Crippen LogP contribution in [-0.4, -0.2) is 58.9 Å². The van der Waals surface area contributed by atoms with Gasteiger partial charge in [0, 0.05) is 23.9 Å². The molecule has 9 heteroatoms. The Hall–Kier alpha value is -3.75. The van der Waals surface area contributed by atoms with Crippen LogP contribution in [0.5, 0.6) is 0 Å². The fourth-order valence-corrected chi connectivity index (χ4v) is 3.12. The molecule has 9 nitrogen and oxygen atoms in total. The van der Waals surface area contributed by atoms with E-state index >= 15 is 0 Å². The highest BCUT2D eigenvalue weighted by Crippen LogP contribution is 2.35. The minimum absolute atomic E-state index is 0.0853. The van der Waals surface area contributed by atoms with E-state index in [9.17, 15) is 24.3 Å². The highest BCUT2D eigenvalue weighted by Gasteiger charge is 2.34. The number of aromatic carboxylic acids is 1. The number of aliphatic carboxylic acids is 1. The second kappa shape index (κ2) is 7.47. The van der Waals surface area contributed by atoms with Crippen LogP contribution in [0.1, 0.15) is 43.9 Å². The molecule has 0 spiro atoms. The molecule has 0 atom stereocenters. The van der Waals surface area contributed by atoms with E-state index in [0.29, 0.717) is 16.5 Å². The minimum Gasteiger partial charge on any atom is -0.486 e. The fraction of sp³-hybridized carbons (Fsp3) is 0.211. The maximum absolute atomic E-state index is 12.9. The Morgan fingerprint density at radius 1 is 1.11 bits per heavy atom. The highest BCUT2D eigenvalue weighted by molar-refractivity contribution is 6.26. The Bertz CT molecular complexity index is 1040. The van der Waals surface area contributed by atoms with E-state index in [0.717, 1.165) is 4.90 Å². The monoisotopic (exact) mass is 384 g/mol. The molecule has 0 aliphatic carbocycles. The Morgan fingerprint density at radius 2 is 1.79 bits per heavy atom. The molecule has 3 rings (SSSR count). The van der Waals surface area contributed by atoms with E-state index in [2.05, 4.69) is 4.99 Å². The van der Waals surface area contributed by atoms with Gasteiger partial charge in [0.25, 0.3) is 11.8 Å². The smallest absolute Gasteiger partial charge is 0.335 e. The molecule has 2 aromatic carbocycles. The average molecular weight is 384 g/mol. The van der Waals surface area contributed by atoms with Crippen LogP contribution in [0.2, 0.25) is 0 Å². The standard InChI is InChI=1S/C19H16N2O7/c1-28-9-20-12-6-10-5-11(19(26)27)7-13-16(10)14(8-12)18(25)21(17(13)24)4-2-3-15(22)23/h5-9H,2-4H2,1H3,(H,22,23)(H,26,27). The van der Waals surface area contributed by atoms with E-state index < -0.39 is 23.8 Å². The summed E-state index contributed by atoms with van der Waals surface area (Å²) in [6.45, 7) is -0.0895. The molecular weight excluding hydrogens is 368 g/mol. The maximum Gasteiger partial charge on any atom is 0.335 e. The van der Waals surface area contributed by atoms with Crippen LogP contribution in [0.15, 0.2) is 29.3 Å². The number of benzene rings is 2. The summed E-state index contributed by atoms with van der Waals surface area (Å²) in [5, 5.41) is 18.9. The molecule has 1 aliphatic rings. The molecule has 1 aliphatic heterocycles. The largest absolute Gasteiger partial charge is 0.486 e. The number of carboxylic acids is 2. The van der Waals surface area contributed by atoms with Gasteiger partial charge in [-0.15, -0.1) is 0 Å². The number of nitrogens with zero attached hydrogens (tertiary/aromatic N) is 2. The Kier molecular flexibility index (Phi) is 5.08. The van der Waals surface area contributed by atoms with Gasteiger partial charge in [-0.2, -0.15) is 0 Å². The molecule has 0 unspecified atom stereocenters. The van der Waals surface area contributed by atoms with Crippen molar-refractivity contribution in [1.29, 1.82) is 0 Å². The van der Waals surface area contributed by atoms with Crippen LogP contribution in [0, 0.1) is 0 Å². The summed E-state index contributed by atoms with van der Waals surface area (Å²) in [6, 6.07) is 5.65. The molecule has 0 fully saturated rings. The second-order valence-electron chi connectivity index (χ2n) is 6.15. The zero-order valence-corrected chi connectivity index (χ0v) is 14.8. The number of aliphatic imine (C=N–C) groups is 1. The molecule has 1 heterocycles. The van der Waals surface area contributed by atoms with Crippen LogP contribution in [0.4, 0.5) is 5.69 Å². The van der Waals surface area contributed by atoms with E-state index in [4.69, 9.17) is 9.84 Å². The zero-order chi connectivity index (χ0) is 20.4. The summed E-state index contributed by atoms with van der Waals surface area (Å²) in [5.41, 5.74) is 0.533. The third kappa shape index (κ3) is 3.41. The number of carbonyl (C=O) groups excluding carboxylic acids is 2. The number of rotatable bonds is 7. The summed E-state index contributed by atoms with van der Waals surface area (Å²) in [5.74, 6) is -3.48. The van der Waals surface area contributed by atoms with E-state index in [1.807, 2.05) is 0 Å². The van der Waals surface area contributed by atoms with Crippen molar-refractivity contribution in [3.05, 3.63) is 41.0 Å². The fourth-order valence-electron chi connectivity index (χ4n) is 3.12. The van der Waals surface area contributed by atoms with Gasteiger partial charge in [-0.3, -0.25) is 19.3 Å². The number of carboxylic acid groups (broad SMARTS) is 2. The van der Waals surface area contributed by atoms with Gasteiger partial charge in [-0.1, -0.05) is 0 Å². The molecule has 144 valence electrons. The lowest BCUT2D eigenvalue weighted by Gasteiger charge is -2.27. The van der Waals surface area contributed by atoms with Gasteiger partial charge in [-0.05, 0) is 36.1 Å². The van der Waals surface area contributed by atoms with E-state index in [1.165, 1.54) is 31.7 Å². The molecule has 28 heavy (non-hydrogen) atoms. The number of hydrogen-bond donors (Lipinski definition) is 2. The summed E-state index contributed by atoms with van der Waals surface area (Å²) < 4.78 is 4.78. The summed E-state index contributed by atoms with van der Waals surface area (Å²) >= 11 is 0. The van der Waals surface area contributed by atoms with Gasteiger partial charge >= 0.3 is 11.9 Å². The number of carbonyl (C=O) groups is 4. The van der Waals surface area contributed by atoms with Crippen molar-refractivity contribution in [2.75, 3.05) is 13.7 Å². The molecular formula is C19H16N2O7. The second-order valence-corrected chi connectivity index (χ2v) is 6.15. The van der Waals surface area contributed by atoms with Gasteiger partial charge in [-0.25, -0.2) is 9.79 Å². The average Bonchev–Trinajstić information content (AvgIpc) is 2.65. The number of hydrogen-bond acceptors (Lipinski definition) is 6. The normalized spacial score (nSPS) is 13.4. The van der Waals surface area contributed by atoms with Gasteiger partial charge in [0.2, 0.25) is 0 Å². The number of methoxy groups -OCH3 is 1. The number of amides is 2. The van der Waals surface area contributed by atoms with Crippen molar-refractivity contribution in [2.45, 2.75) is 12.8 Å². The Morgan fingerprint density at radius 3 is 2.39 bits per heavy atom. The molecule has 0 aromatic heterocycles. The lowest BCUT2D eigenvalue weighted by Crippen LogP contribution is -2.41. The lowest BCUT2D eigenvalue weighted by atomic mass is 9.91. The molecule has 0 radical (unpaired) electrons. The first-order valence-electron chi connectivity index (χ1n) is 8.32. The van der Waals surface area contributed by atoms with Crippen molar-refractivity contribution in [1.82, 2.24) is 4.90 Å². The van der Waals surface area contributed by atoms with Gasteiger partial charge < -0.3 is 14.9 Å². The van der Waals surface area contributed by atoms with Crippen LogP contribution >= 0.6 is 0 Å². The quantitative estimate of drug-likeness (QED) is 0.425. The van der Waals surface area contributed by atoms with Crippen molar-refractivity contribution in [3.63, 3.8) is 0 Å². The first-order chi connectivity index (χ1) is 13.3. The van der Waals surface area contributed by atoms with Crippen molar-refractivity contribution < 1.29 is 34.1 Å². The third-order valence-electron chi connectivity index (χ3n) is 4.31. The number of imide groups is 1. The van der Waals surface area contributed by atoms with Crippen molar-refractivity contribution >= 4 is 46.6 Å². The van der Waals surface area contributed by atoms with E-state index in [1.54, 1.807) is 6.07 Å². The Labute approximate surface area is 158 Å². The van der Waals surface area contributed by atoms with Crippen LogP contribution < -0.4 is 0 Å². The molecule has 0 bridgehead atoms. The van der Waals surface area contributed by atoms with Crippen molar-refractivity contribution in [3.8, 4) is 0 Å². The van der Waals surface area contributed by atoms with Crippen molar-refractivity contribution in [2.24, 2.45) is 4.99 Å². The van der Waals surface area contributed by atoms with E-state index in [-0.39, 0.29) is 36.1 Å². The first-order valence-corrected chi connectivity index (χ1v) is 8.32. The molecule has 2 amide bonds. The predicted octanol–water partition coefficient (Wildman–Crippen LogP) is 2.31. The minimum atomic E-state index is -1.22. The highest BCUT2D eigenvalue weighted by atomic mass is 16.5. The molecule has 2 aromatic rings.